The van der Waals surface area contributed by atoms with Gasteiger partial charge in [-0.2, -0.15) is 0 Å². The minimum absolute atomic E-state index is 0.245. The molecule has 1 saturated heterocycles. The monoisotopic (exact) mass is 310 g/mol. The number of likely N-dealkylation sites (tertiary alicyclic amines) is 1. The molecule has 1 aromatic heterocycles. The number of carbonyl (C=O) groups excluding carboxylic acids is 1. The molecule has 1 aromatic carbocycles. The number of hydrogen-bond acceptors (Lipinski definition) is 2. The first-order chi connectivity index (χ1) is 11.1. The van der Waals surface area contributed by atoms with Crippen molar-refractivity contribution in [1.29, 1.82) is 0 Å². The fourth-order valence-electron chi connectivity index (χ4n) is 3.74. The Bertz CT molecular complexity index is 687. The van der Waals surface area contributed by atoms with E-state index in [1.54, 1.807) is 0 Å². The maximum atomic E-state index is 12.8. The van der Waals surface area contributed by atoms with Crippen molar-refractivity contribution in [2.75, 3.05) is 19.6 Å². The van der Waals surface area contributed by atoms with Gasteiger partial charge >= 0.3 is 0 Å². The molecule has 0 N–H and O–H groups in total. The average molecular weight is 310 g/mol. The number of Topliss-reactive ketones (excluding diaryl/α,β-unsaturated/α-hetero) is 1. The predicted octanol–water partition coefficient (Wildman–Crippen LogP) is 4.01. The number of benzene rings is 1. The van der Waals surface area contributed by atoms with Crippen molar-refractivity contribution in [3.8, 4) is 5.69 Å². The van der Waals surface area contributed by atoms with Crippen molar-refractivity contribution in [3.63, 3.8) is 0 Å². The van der Waals surface area contributed by atoms with E-state index in [2.05, 4.69) is 35.4 Å². The number of ketones is 1. The lowest BCUT2D eigenvalue weighted by Crippen LogP contribution is -2.38. The second-order valence-corrected chi connectivity index (χ2v) is 6.86. The van der Waals surface area contributed by atoms with Crippen molar-refractivity contribution in [2.24, 2.45) is 5.92 Å². The highest BCUT2D eigenvalue weighted by molar-refractivity contribution is 5.99. The van der Waals surface area contributed by atoms with E-state index < -0.39 is 0 Å². The van der Waals surface area contributed by atoms with E-state index in [1.165, 1.54) is 12.8 Å². The van der Waals surface area contributed by atoms with Gasteiger partial charge in [0.2, 0.25) is 0 Å². The standard InChI is InChI=1S/C20H26N2O/c1-15-8-7-11-21(13-15)14-20(23)19-12-16(2)22(17(19)3)18-9-5-4-6-10-18/h4-6,9-10,12,15H,7-8,11,13-14H2,1-3H3. The molecule has 0 amide bonds. The summed E-state index contributed by atoms with van der Waals surface area (Å²) in [6.07, 6.45) is 2.49. The molecule has 23 heavy (non-hydrogen) atoms. The van der Waals surface area contributed by atoms with E-state index in [4.69, 9.17) is 0 Å². The Morgan fingerprint density at radius 2 is 1.96 bits per heavy atom. The van der Waals surface area contributed by atoms with Gasteiger partial charge < -0.3 is 4.57 Å². The third-order valence-corrected chi connectivity index (χ3v) is 4.85. The molecule has 0 bridgehead atoms. The first-order valence-electron chi connectivity index (χ1n) is 8.56. The third kappa shape index (κ3) is 3.40. The Kier molecular flexibility index (Phi) is 4.67. The van der Waals surface area contributed by atoms with E-state index in [9.17, 15) is 4.79 Å². The number of aromatic nitrogens is 1. The predicted molar refractivity (Wildman–Crippen MR) is 94.4 cm³/mol. The third-order valence-electron chi connectivity index (χ3n) is 4.85. The molecule has 0 spiro atoms. The molecule has 1 fully saturated rings. The highest BCUT2D eigenvalue weighted by Crippen LogP contribution is 2.22. The van der Waals surface area contributed by atoms with Crippen molar-refractivity contribution in [1.82, 2.24) is 9.47 Å². The van der Waals surface area contributed by atoms with Crippen molar-refractivity contribution in [2.45, 2.75) is 33.6 Å². The fraction of sp³-hybridized carbons (Fsp3) is 0.450. The minimum Gasteiger partial charge on any atom is -0.318 e. The second-order valence-electron chi connectivity index (χ2n) is 6.86. The Balaban J connectivity index is 1.82. The van der Waals surface area contributed by atoms with E-state index in [0.29, 0.717) is 12.5 Å². The van der Waals surface area contributed by atoms with Crippen LogP contribution >= 0.6 is 0 Å². The lowest BCUT2D eigenvalue weighted by molar-refractivity contribution is 0.0892. The van der Waals surface area contributed by atoms with E-state index in [0.717, 1.165) is 35.7 Å². The summed E-state index contributed by atoms with van der Waals surface area (Å²) in [6, 6.07) is 12.3. The molecule has 3 heteroatoms. The molecule has 1 aliphatic heterocycles. The molecule has 1 aliphatic rings. The number of nitrogens with zero attached hydrogens (tertiary/aromatic N) is 2. The summed E-state index contributed by atoms with van der Waals surface area (Å²) in [6.45, 7) is 9.03. The summed E-state index contributed by atoms with van der Waals surface area (Å²) in [5.74, 6) is 0.947. The van der Waals surface area contributed by atoms with E-state index >= 15 is 0 Å². The summed E-state index contributed by atoms with van der Waals surface area (Å²) in [7, 11) is 0. The normalized spacial score (nSPS) is 19.0. The largest absolute Gasteiger partial charge is 0.318 e. The van der Waals surface area contributed by atoms with Gasteiger partial charge in [-0.1, -0.05) is 25.1 Å². The van der Waals surface area contributed by atoms with Crippen molar-refractivity contribution >= 4 is 5.78 Å². The Labute approximate surface area is 138 Å². The highest BCUT2D eigenvalue weighted by atomic mass is 16.1. The van der Waals surface area contributed by atoms with Crippen LogP contribution in [0.5, 0.6) is 0 Å². The van der Waals surface area contributed by atoms with Gasteiger partial charge in [-0.25, -0.2) is 0 Å². The maximum Gasteiger partial charge on any atom is 0.178 e. The number of aryl methyl sites for hydroxylation is 1. The quantitative estimate of drug-likeness (QED) is 0.797. The topological polar surface area (TPSA) is 25.2 Å². The zero-order valence-corrected chi connectivity index (χ0v) is 14.4. The first kappa shape index (κ1) is 16.0. The van der Waals surface area contributed by atoms with Crippen molar-refractivity contribution < 1.29 is 4.79 Å². The Hall–Kier alpha value is -1.87. The van der Waals surface area contributed by atoms with Gasteiger partial charge in [-0.05, 0) is 57.4 Å². The molecule has 3 rings (SSSR count). The lowest BCUT2D eigenvalue weighted by atomic mass is 9.99. The Morgan fingerprint density at radius 3 is 2.65 bits per heavy atom. The lowest BCUT2D eigenvalue weighted by Gasteiger charge is -2.30. The zero-order chi connectivity index (χ0) is 16.4. The van der Waals surface area contributed by atoms with Crippen LogP contribution in [0.2, 0.25) is 0 Å². The van der Waals surface area contributed by atoms with Crippen LogP contribution in [0.15, 0.2) is 36.4 Å². The first-order valence-corrected chi connectivity index (χ1v) is 8.56. The molecule has 3 nitrogen and oxygen atoms in total. The molecule has 0 radical (unpaired) electrons. The molecule has 0 aliphatic carbocycles. The van der Waals surface area contributed by atoms with Crippen LogP contribution in [0.4, 0.5) is 0 Å². The number of hydrogen-bond donors (Lipinski definition) is 0. The number of para-hydroxylation sites is 1. The maximum absolute atomic E-state index is 12.8. The van der Waals surface area contributed by atoms with E-state index in [1.807, 2.05) is 31.2 Å². The Morgan fingerprint density at radius 1 is 1.22 bits per heavy atom. The number of carbonyl (C=O) groups is 1. The molecule has 122 valence electrons. The van der Waals surface area contributed by atoms with Crippen LogP contribution in [-0.4, -0.2) is 34.9 Å². The molecular formula is C20H26N2O. The van der Waals surface area contributed by atoms with Crippen LogP contribution in [0, 0.1) is 19.8 Å². The van der Waals surface area contributed by atoms with Crippen molar-refractivity contribution in [3.05, 3.63) is 53.3 Å². The van der Waals surface area contributed by atoms with Crippen LogP contribution in [-0.2, 0) is 0 Å². The van der Waals surface area contributed by atoms with E-state index in [-0.39, 0.29) is 5.78 Å². The summed E-state index contributed by atoms with van der Waals surface area (Å²) < 4.78 is 2.17. The van der Waals surface area contributed by atoms with Gasteiger partial charge in [-0.3, -0.25) is 9.69 Å². The number of rotatable bonds is 4. The van der Waals surface area contributed by atoms with Gasteiger partial charge in [-0.15, -0.1) is 0 Å². The number of piperidine rings is 1. The second kappa shape index (κ2) is 6.71. The smallest absolute Gasteiger partial charge is 0.178 e. The SMILES string of the molecule is Cc1cc(C(=O)CN2CCCC(C)C2)c(C)n1-c1ccccc1. The molecule has 1 unspecified atom stereocenters. The van der Waals surface area contributed by atoms with Crippen LogP contribution in [0.25, 0.3) is 5.69 Å². The van der Waals surface area contributed by atoms with Crippen LogP contribution < -0.4 is 0 Å². The highest BCUT2D eigenvalue weighted by Gasteiger charge is 2.22. The van der Waals surface area contributed by atoms with Gasteiger partial charge in [0, 0.05) is 29.2 Å². The van der Waals surface area contributed by atoms with Gasteiger partial charge in [0.05, 0.1) is 6.54 Å². The molecular weight excluding hydrogens is 284 g/mol. The molecule has 2 heterocycles. The summed E-state index contributed by atoms with van der Waals surface area (Å²) in [5.41, 5.74) is 4.14. The molecule has 0 saturated carbocycles. The summed E-state index contributed by atoms with van der Waals surface area (Å²) in [5, 5.41) is 0. The van der Waals surface area contributed by atoms with Gasteiger partial charge in [0.1, 0.15) is 0 Å². The van der Waals surface area contributed by atoms with Gasteiger partial charge in [0.25, 0.3) is 0 Å². The molecule has 1 atom stereocenters. The molecule has 2 aromatic rings. The van der Waals surface area contributed by atoms with Gasteiger partial charge in [0.15, 0.2) is 5.78 Å². The van der Waals surface area contributed by atoms with Crippen LogP contribution in [0.1, 0.15) is 41.5 Å². The average Bonchev–Trinajstić information content (AvgIpc) is 2.83. The summed E-state index contributed by atoms with van der Waals surface area (Å²) >= 11 is 0. The zero-order valence-electron chi connectivity index (χ0n) is 14.4. The summed E-state index contributed by atoms with van der Waals surface area (Å²) in [4.78, 5) is 15.1. The fourth-order valence-corrected chi connectivity index (χ4v) is 3.74. The minimum atomic E-state index is 0.245. The van der Waals surface area contributed by atoms with Crippen LogP contribution in [0.3, 0.4) is 0 Å².